The van der Waals surface area contributed by atoms with Gasteiger partial charge in [-0.05, 0) is 24.6 Å². The number of benzene rings is 1. The van der Waals surface area contributed by atoms with E-state index in [4.69, 9.17) is 5.73 Å². The van der Waals surface area contributed by atoms with E-state index in [1.807, 2.05) is 18.3 Å². The lowest BCUT2D eigenvalue weighted by molar-refractivity contribution is 0.249. The minimum atomic E-state index is 0.768. The van der Waals surface area contributed by atoms with Gasteiger partial charge in [0.25, 0.3) is 0 Å². The summed E-state index contributed by atoms with van der Waals surface area (Å²) in [6, 6.07) is 12.5. The number of anilines is 2. The van der Waals surface area contributed by atoms with Crippen molar-refractivity contribution in [1.29, 1.82) is 0 Å². The Balaban J connectivity index is 1.59. The van der Waals surface area contributed by atoms with Gasteiger partial charge in [0, 0.05) is 38.9 Å². The molecule has 3 rings (SSSR count). The van der Waals surface area contributed by atoms with E-state index in [-0.39, 0.29) is 0 Å². The lowest BCUT2D eigenvalue weighted by Crippen LogP contribution is -2.46. The highest BCUT2D eigenvalue weighted by molar-refractivity contribution is 5.62. The standard InChI is InChI=1S/C17H22N4/c1-14-4-2-5-15(12-14)13-20-8-10-21(11-9-20)17-16(18)6-3-7-19-17/h2-7,12H,8-11,13,18H2,1H3. The molecule has 4 heteroatoms. The zero-order valence-corrected chi connectivity index (χ0v) is 12.5. The minimum Gasteiger partial charge on any atom is -0.396 e. The van der Waals surface area contributed by atoms with Gasteiger partial charge in [-0.1, -0.05) is 29.8 Å². The number of pyridine rings is 1. The van der Waals surface area contributed by atoms with Gasteiger partial charge in [-0.2, -0.15) is 0 Å². The number of nitrogen functional groups attached to an aromatic ring is 1. The first-order chi connectivity index (χ1) is 10.2. The highest BCUT2D eigenvalue weighted by Crippen LogP contribution is 2.21. The van der Waals surface area contributed by atoms with Crippen LogP contribution in [0.15, 0.2) is 42.6 Å². The molecule has 1 aliphatic rings. The Morgan fingerprint density at radius 1 is 1.10 bits per heavy atom. The van der Waals surface area contributed by atoms with Crippen LogP contribution in [0.25, 0.3) is 0 Å². The van der Waals surface area contributed by atoms with Crippen molar-refractivity contribution in [2.24, 2.45) is 0 Å². The molecule has 1 saturated heterocycles. The fourth-order valence-corrected chi connectivity index (χ4v) is 2.86. The Hall–Kier alpha value is -2.07. The van der Waals surface area contributed by atoms with Crippen molar-refractivity contribution in [2.45, 2.75) is 13.5 Å². The van der Waals surface area contributed by atoms with Gasteiger partial charge >= 0.3 is 0 Å². The predicted molar refractivity (Wildman–Crippen MR) is 87.3 cm³/mol. The van der Waals surface area contributed by atoms with Crippen LogP contribution in [0.1, 0.15) is 11.1 Å². The second-order valence-corrected chi connectivity index (χ2v) is 5.67. The molecule has 21 heavy (non-hydrogen) atoms. The second-order valence-electron chi connectivity index (χ2n) is 5.67. The first-order valence-corrected chi connectivity index (χ1v) is 7.46. The third kappa shape index (κ3) is 3.34. The van der Waals surface area contributed by atoms with Gasteiger partial charge in [-0.25, -0.2) is 4.98 Å². The lowest BCUT2D eigenvalue weighted by atomic mass is 10.1. The van der Waals surface area contributed by atoms with Gasteiger partial charge in [-0.3, -0.25) is 4.90 Å². The first kappa shape index (κ1) is 13.9. The van der Waals surface area contributed by atoms with E-state index in [1.165, 1.54) is 11.1 Å². The van der Waals surface area contributed by atoms with Gasteiger partial charge in [0.05, 0.1) is 5.69 Å². The number of aromatic nitrogens is 1. The molecule has 1 fully saturated rings. The summed E-state index contributed by atoms with van der Waals surface area (Å²) in [5.41, 5.74) is 9.49. The molecule has 0 aliphatic carbocycles. The number of piperazine rings is 1. The van der Waals surface area contributed by atoms with E-state index in [2.05, 4.69) is 46.0 Å². The van der Waals surface area contributed by atoms with E-state index in [1.54, 1.807) is 0 Å². The number of aryl methyl sites for hydroxylation is 1. The topological polar surface area (TPSA) is 45.4 Å². The van der Waals surface area contributed by atoms with Crippen molar-refractivity contribution in [3.63, 3.8) is 0 Å². The van der Waals surface area contributed by atoms with Gasteiger partial charge < -0.3 is 10.6 Å². The lowest BCUT2D eigenvalue weighted by Gasteiger charge is -2.35. The van der Waals surface area contributed by atoms with E-state index >= 15 is 0 Å². The fraction of sp³-hybridized carbons (Fsp3) is 0.353. The number of nitrogens with zero attached hydrogens (tertiary/aromatic N) is 3. The summed E-state index contributed by atoms with van der Waals surface area (Å²) in [5, 5.41) is 0. The average molecular weight is 282 g/mol. The Kier molecular flexibility index (Phi) is 4.06. The smallest absolute Gasteiger partial charge is 0.151 e. The van der Waals surface area contributed by atoms with Gasteiger partial charge in [0.2, 0.25) is 0 Å². The van der Waals surface area contributed by atoms with Crippen LogP contribution in [0.3, 0.4) is 0 Å². The zero-order valence-electron chi connectivity index (χ0n) is 12.5. The molecule has 0 bridgehead atoms. The molecule has 1 aromatic carbocycles. The maximum Gasteiger partial charge on any atom is 0.151 e. The summed E-state index contributed by atoms with van der Waals surface area (Å²) in [4.78, 5) is 9.18. The van der Waals surface area contributed by atoms with Crippen LogP contribution < -0.4 is 10.6 Å². The Labute approximate surface area is 126 Å². The average Bonchev–Trinajstić information content (AvgIpc) is 2.49. The van der Waals surface area contributed by atoms with E-state index < -0.39 is 0 Å². The minimum absolute atomic E-state index is 0.768. The van der Waals surface area contributed by atoms with Crippen molar-refractivity contribution in [1.82, 2.24) is 9.88 Å². The van der Waals surface area contributed by atoms with Crippen LogP contribution in [0, 0.1) is 6.92 Å². The van der Waals surface area contributed by atoms with Crippen LogP contribution in [0.2, 0.25) is 0 Å². The molecule has 0 spiro atoms. The molecule has 0 saturated carbocycles. The number of hydrogen-bond donors (Lipinski definition) is 1. The zero-order chi connectivity index (χ0) is 14.7. The molecule has 0 amide bonds. The molecule has 1 aliphatic heterocycles. The third-order valence-corrected chi connectivity index (χ3v) is 3.98. The largest absolute Gasteiger partial charge is 0.396 e. The van der Waals surface area contributed by atoms with E-state index in [9.17, 15) is 0 Å². The maximum absolute atomic E-state index is 6.01. The number of nitrogens with two attached hydrogens (primary N) is 1. The quantitative estimate of drug-likeness (QED) is 0.938. The van der Waals surface area contributed by atoms with Gasteiger partial charge in [0.15, 0.2) is 5.82 Å². The van der Waals surface area contributed by atoms with Crippen LogP contribution in [0.5, 0.6) is 0 Å². The first-order valence-electron chi connectivity index (χ1n) is 7.46. The normalized spacial score (nSPS) is 16.1. The van der Waals surface area contributed by atoms with Crippen LogP contribution in [0.4, 0.5) is 11.5 Å². The Bertz CT molecular complexity index is 603. The summed E-state index contributed by atoms with van der Waals surface area (Å²) in [7, 11) is 0. The SMILES string of the molecule is Cc1cccc(CN2CCN(c3ncccc3N)CC2)c1. The molecule has 0 radical (unpaired) electrons. The highest BCUT2D eigenvalue weighted by atomic mass is 15.3. The van der Waals surface area contributed by atoms with Gasteiger partial charge in [-0.15, -0.1) is 0 Å². The summed E-state index contributed by atoms with van der Waals surface area (Å²) in [5.74, 6) is 0.924. The predicted octanol–water partition coefficient (Wildman–Crippen LogP) is 2.29. The monoisotopic (exact) mass is 282 g/mol. The Morgan fingerprint density at radius 3 is 2.62 bits per heavy atom. The van der Waals surface area contributed by atoms with Gasteiger partial charge in [0.1, 0.15) is 0 Å². The molecule has 4 nitrogen and oxygen atoms in total. The number of rotatable bonds is 3. The maximum atomic E-state index is 6.01. The molecule has 110 valence electrons. The fourth-order valence-electron chi connectivity index (χ4n) is 2.86. The molecule has 2 aromatic rings. The molecule has 0 unspecified atom stereocenters. The summed E-state index contributed by atoms with van der Waals surface area (Å²) in [6.45, 7) is 7.21. The van der Waals surface area contributed by atoms with E-state index in [0.29, 0.717) is 0 Å². The van der Waals surface area contributed by atoms with Crippen LogP contribution in [-0.4, -0.2) is 36.1 Å². The molecule has 1 aromatic heterocycles. The second kappa shape index (κ2) is 6.14. The molecular formula is C17H22N4. The summed E-state index contributed by atoms with van der Waals surface area (Å²) >= 11 is 0. The van der Waals surface area contributed by atoms with Crippen LogP contribution >= 0.6 is 0 Å². The number of hydrogen-bond acceptors (Lipinski definition) is 4. The van der Waals surface area contributed by atoms with Crippen molar-refractivity contribution in [2.75, 3.05) is 36.8 Å². The molecule has 2 heterocycles. The van der Waals surface area contributed by atoms with Crippen molar-refractivity contribution < 1.29 is 0 Å². The highest BCUT2D eigenvalue weighted by Gasteiger charge is 2.19. The summed E-state index contributed by atoms with van der Waals surface area (Å²) < 4.78 is 0. The molecular weight excluding hydrogens is 260 g/mol. The molecule has 2 N–H and O–H groups in total. The van der Waals surface area contributed by atoms with Crippen molar-refractivity contribution in [3.05, 3.63) is 53.7 Å². The Morgan fingerprint density at radius 2 is 1.90 bits per heavy atom. The summed E-state index contributed by atoms with van der Waals surface area (Å²) in [6.07, 6.45) is 1.81. The van der Waals surface area contributed by atoms with Crippen molar-refractivity contribution >= 4 is 11.5 Å². The van der Waals surface area contributed by atoms with Crippen LogP contribution in [-0.2, 0) is 6.54 Å². The molecule has 0 atom stereocenters. The van der Waals surface area contributed by atoms with Crippen molar-refractivity contribution in [3.8, 4) is 0 Å². The third-order valence-electron chi connectivity index (χ3n) is 3.98. The van der Waals surface area contributed by atoms with E-state index in [0.717, 1.165) is 44.2 Å².